The smallest absolute Gasteiger partial charge is 0.255 e. The average Bonchev–Trinajstić information content (AvgIpc) is 2.82. The zero-order valence-electron chi connectivity index (χ0n) is 19.7. The van der Waals surface area contributed by atoms with E-state index in [-0.39, 0.29) is 12.0 Å². The van der Waals surface area contributed by atoms with Crippen molar-refractivity contribution in [3.8, 4) is 11.3 Å². The van der Waals surface area contributed by atoms with E-state index in [0.717, 1.165) is 49.4 Å². The SMILES string of the molecule is CCc1cc(CNCCCOC(C)C)cnc1-c1ccc(C(=O)Nc2ccccc2N)cc1. The molecule has 0 unspecified atom stereocenters. The van der Waals surface area contributed by atoms with Crippen LogP contribution in [0.2, 0.25) is 0 Å². The zero-order valence-corrected chi connectivity index (χ0v) is 19.7. The molecule has 33 heavy (non-hydrogen) atoms. The largest absolute Gasteiger partial charge is 0.397 e. The molecular formula is C27H34N4O2. The molecule has 0 fully saturated rings. The molecule has 0 saturated carbocycles. The Kier molecular flexibility index (Phi) is 8.98. The number of para-hydroxylation sites is 2. The Hall–Kier alpha value is -3.22. The van der Waals surface area contributed by atoms with Crippen LogP contribution in [0, 0.1) is 0 Å². The van der Waals surface area contributed by atoms with Crippen molar-refractivity contribution in [3.05, 3.63) is 77.5 Å². The van der Waals surface area contributed by atoms with E-state index in [1.54, 1.807) is 12.1 Å². The number of aryl methyl sites for hydroxylation is 1. The van der Waals surface area contributed by atoms with Crippen molar-refractivity contribution in [2.45, 2.75) is 46.3 Å². The molecule has 0 aliphatic rings. The number of hydrogen-bond donors (Lipinski definition) is 3. The molecule has 0 bridgehead atoms. The normalized spacial score (nSPS) is 11.0. The molecule has 2 aromatic carbocycles. The van der Waals surface area contributed by atoms with Crippen molar-refractivity contribution < 1.29 is 9.53 Å². The number of carbonyl (C=O) groups is 1. The lowest BCUT2D eigenvalue weighted by Crippen LogP contribution is -2.17. The highest BCUT2D eigenvalue weighted by Crippen LogP contribution is 2.24. The fraction of sp³-hybridized carbons (Fsp3) is 0.333. The van der Waals surface area contributed by atoms with E-state index in [1.807, 2.05) is 42.6 Å². The number of benzene rings is 2. The van der Waals surface area contributed by atoms with Crippen molar-refractivity contribution in [1.29, 1.82) is 0 Å². The number of rotatable bonds is 11. The van der Waals surface area contributed by atoms with Crippen LogP contribution in [-0.4, -0.2) is 30.1 Å². The molecule has 0 aliphatic heterocycles. The number of nitrogens with one attached hydrogen (secondary N) is 2. The second-order valence-corrected chi connectivity index (χ2v) is 8.27. The lowest BCUT2D eigenvalue weighted by Gasteiger charge is -2.12. The topological polar surface area (TPSA) is 89.3 Å². The Morgan fingerprint density at radius 2 is 1.88 bits per heavy atom. The van der Waals surface area contributed by atoms with Gasteiger partial charge >= 0.3 is 0 Å². The fourth-order valence-corrected chi connectivity index (χ4v) is 3.52. The highest BCUT2D eigenvalue weighted by atomic mass is 16.5. The highest BCUT2D eigenvalue weighted by molar-refractivity contribution is 6.05. The van der Waals surface area contributed by atoms with Gasteiger partial charge in [-0.05, 0) is 68.6 Å². The summed E-state index contributed by atoms with van der Waals surface area (Å²) in [7, 11) is 0. The van der Waals surface area contributed by atoms with Gasteiger partial charge in [0.25, 0.3) is 5.91 Å². The van der Waals surface area contributed by atoms with Gasteiger partial charge in [0.1, 0.15) is 0 Å². The second-order valence-electron chi connectivity index (χ2n) is 8.27. The molecule has 0 radical (unpaired) electrons. The third kappa shape index (κ3) is 7.14. The Morgan fingerprint density at radius 3 is 2.58 bits per heavy atom. The van der Waals surface area contributed by atoms with Crippen molar-refractivity contribution >= 4 is 17.3 Å². The summed E-state index contributed by atoms with van der Waals surface area (Å²) in [4.78, 5) is 17.3. The van der Waals surface area contributed by atoms with Gasteiger partial charge in [0, 0.05) is 30.5 Å². The number of amides is 1. The molecule has 0 aliphatic carbocycles. The van der Waals surface area contributed by atoms with Gasteiger partial charge in [-0.15, -0.1) is 0 Å². The van der Waals surface area contributed by atoms with E-state index in [1.165, 1.54) is 5.56 Å². The van der Waals surface area contributed by atoms with Crippen LogP contribution < -0.4 is 16.4 Å². The number of hydrogen-bond acceptors (Lipinski definition) is 5. The number of anilines is 2. The summed E-state index contributed by atoms with van der Waals surface area (Å²) in [5.74, 6) is -0.191. The third-order valence-corrected chi connectivity index (χ3v) is 5.31. The number of nitrogen functional groups attached to an aromatic ring is 1. The molecule has 3 rings (SSSR count). The van der Waals surface area contributed by atoms with Gasteiger partial charge in [0.05, 0.1) is 23.2 Å². The first-order valence-corrected chi connectivity index (χ1v) is 11.5. The first-order valence-electron chi connectivity index (χ1n) is 11.5. The number of nitrogens with zero attached hydrogens (tertiary/aromatic N) is 1. The third-order valence-electron chi connectivity index (χ3n) is 5.31. The quantitative estimate of drug-likeness (QED) is 0.283. The van der Waals surface area contributed by atoms with Crippen LogP contribution in [0.15, 0.2) is 60.8 Å². The Bertz CT molecular complexity index is 1050. The Labute approximate surface area is 196 Å². The van der Waals surface area contributed by atoms with Crippen LogP contribution in [-0.2, 0) is 17.7 Å². The maximum Gasteiger partial charge on any atom is 0.255 e. The second kappa shape index (κ2) is 12.1. The first kappa shape index (κ1) is 24.4. The number of carbonyl (C=O) groups excluding carboxylic acids is 1. The summed E-state index contributed by atoms with van der Waals surface area (Å²) in [5.41, 5.74) is 11.9. The summed E-state index contributed by atoms with van der Waals surface area (Å²) in [6.45, 7) is 8.70. The van der Waals surface area contributed by atoms with Crippen molar-refractivity contribution in [3.63, 3.8) is 0 Å². The van der Waals surface area contributed by atoms with E-state index in [0.29, 0.717) is 16.9 Å². The standard InChI is InChI=1S/C27H34N4O2/c1-4-21-16-20(17-29-14-7-15-33-19(2)3)18-30-26(21)22-10-12-23(13-11-22)27(32)31-25-9-6-5-8-24(25)28/h5-6,8-13,16,18-19,29H,4,7,14-15,17,28H2,1-3H3,(H,31,32). The number of aromatic nitrogens is 1. The minimum Gasteiger partial charge on any atom is -0.397 e. The number of nitrogens with two attached hydrogens (primary N) is 1. The molecular weight excluding hydrogens is 412 g/mol. The molecule has 0 spiro atoms. The van der Waals surface area contributed by atoms with E-state index in [9.17, 15) is 4.79 Å². The Morgan fingerprint density at radius 1 is 1.12 bits per heavy atom. The maximum absolute atomic E-state index is 12.6. The molecule has 3 aromatic rings. The van der Waals surface area contributed by atoms with E-state index in [4.69, 9.17) is 15.5 Å². The van der Waals surface area contributed by atoms with Gasteiger partial charge in [-0.2, -0.15) is 0 Å². The minimum atomic E-state index is -0.191. The first-order chi connectivity index (χ1) is 16.0. The van der Waals surface area contributed by atoms with Gasteiger partial charge in [0.15, 0.2) is 0 Å². The lowest BCUT2D eigenvalue weighted by atomic mass is 10.0. The molecule has 4 N–H and O–H groups in total. The predicted octanol–water partition coefficient (Wildman–Crippen LogP) is 5.05. The van der Waals surface area contributed by atoms with Gasteiger partial charge in [-0.3, -0.25) is 9.78 Å². The summed E-state index contributed by atoms with van der Waals surface area (Å²) in [6, 6.07) is 17.0. The lowest BCUT2D eigenvalue weighted by molar-refractivity contribution is 0.0770. The van der Waals surface area contributed by atoms with Gasteiger partial charge in [0.2, 0.25) is 0 Å². The van der Waals surface area contributed by atoms with E-state index >= 15 is 0 Å². The van der Waals surface area contributed by atoms with Crippen molar-refractivity contribution in [2.75, 3.05) is 24.2 Å². The molecule has 174 valence electrons. The summed E-state index contributed by atoms with van der Waals surface area (Å²) < 4.78 is 5.57. The fourth-order valence-electron chi connectivity index (χ4n) is 3.52. The van der Waals surface area contributed by atoms with Crippen LogP contribution >= 0.6 is 0 Å². The minimum absolute atomic E-state index is 0.191. The summed E-state index contributed by atoms with van der Waals surface area (Å²) in [6.07, 6.45) is 4.07. The monoisotopic (exact) mass is 446 g/mol. The number of ether oxygens (including phenoxy) is 1. The van der Waals surface area contributed by atoms with Gasteiger partial charge in [-0.1, -0.05) is 37.3 Å². The molecule has 6 nitrogen and oxygen atoms in total. The van der Waals surface area contributed by atoms with E-state index in [2.05, 4.69) is 37.5 Å². The summed E-state index contributed by atoms with van der Waals surface area (Å²) in [5, 5.41) is 6.32. The van der Waals surface area contributed by atoms with E-state index < -0.39 is 0 Å². The maximum atomic E-state index is 12.6. The van der Waals surface area contributed by atoms with Gasteiger partial charge < -0.3 is 21.1 Å². The predicted molar refractivity (Wildman–Crippen MR) is 135 cm³/mol. The van der Waals surface area contributed by atoms with Crippen LogP contribution in [0.5, 0.6) is 0 Å². The average molecular weight is 447 g/mol. The summed E-state index contributed by atoms with van der Waals surface area (Å²) >= 11 is 0. The van der Waals surface area contributed by atoms with Gasteiger partial charge in [-0.25, -0.2) is 0 Å². The highest BCUT2D eigenvalue weighted by Gasteiger charge is 2.11. The zero-order chi connectivity index (χ0) is 23.6. The van der Waals surface area contributed by atoms with Crippen LogP contribution in [0.4, 0.5) is 11.4 Å². The molecule has 1 amide bonds. The molecule has 6 heteroatoms. The molecule has 1 aromatic heterocycles. The van der Waals surface area contributed by atoms with Crippen LogP contribution in [0.25, 0.3) is 11.3 Å². The molecule has 1 heterocycles. The molecule has 0 saturated heterocycles. The van der Waals surface area contributed by atoms with Crippen molar-refractivity contribution in [1.82, 2.24) is 10.3 Å². The Balaban J connectivity index is 1.61. The van der Waals surface area contributed by atoms with Crippen molar-refractivity contribution in [2.24, 2.45) is 0 Å². The van der Waals surface area contributed by atoms with Crippen LogP contribution in [0.3, 0.4) is 0 Å². The van der Waals surface area contributed by atoms with Crippen LogP contribution in [0.1, 0.15) is 48.7 Å². The molecule has 0 atom stereocenters. The number of pyridine rings is 1.